The number of nitrogens with zero attached hydrogens (tertiary/aromatic N) is 3. The van der Waals surface area contributed by atoms with Crippen molar-refractivity contribution in [3.05, 3.63) is 58.9 Å². The van der Waals surface area contributed by atoms with Crippen LogP contribution in [-0.2, 0) is 4.79 Å². The minimum atomic E-state index is -0.364. The normalized spacial score (nSPS) is 17.1. The Morgan fingerprint density at radius 3 is 2.37 bits per heavy atom. The van der Waals surface area contributed by atoms with Crippen molar-refractivity contribution in [2.75, 3.05) is 11.4 Å². The van der Waals surface area contributed by atoms with E-state index in [0.717, 1.165) is 39.0 Å². The largest absolute Gasteiger partial charge is 0.312 e. The first-order chi connectivity index (χ1) is 12.8. The highest BCUT2D eigenvalue weighted by Gasteiger charge is 2.36. The van der Waals surface area contributed by atoms with Gasteiger partial charge >= 0.3 is 0 Å². The molecule has 1 unspecified atom stereocenters. The lowest BCUT2D eigenvalue weighted by molar-refractivity contribution is -0.117. The number of rotatable bonds is 2. The highest BCUT2D eigenvalue weighted by Crippen LogP contribution is 2.29. The molecule has 2 aromatic carbocycles. The number of hydrogen-bond acceptors (Lipinski definition) is 3. The molecule has 5 heteroatoms. The zero-order valence-corrected chi connectivity index (χ0v) is 16.1. The number of benzene rings is 2. The zero-order valence-electron chi connectivity index (χ0n) is 16.1. The summed E-state index contributed by atoms with van der Waals surface area (Å²) in [5, 5.41) is 0. The molecule has 1 aromatic heterocycles. The fourth-order valence-corrected chi connectivity index (χ4v) is 3.87. The van der Waals surface area contributed by atoms with E-state index in [9.17, 15) is 9.59 Å². The fraction of sp³-hybridized carbons (Fsp3) is 0.318. The number of hydrogen-bond donors (Lipinski definition) is 0. The van der Waals surface area contributed by atoms with Crippen LogP contribution in [0.15, 0.2) is 36.7 Å². The van der Waals surface area contributed by atoms with E-state index in [1.54, 1.807) is 15.8 Å². The van der Waals surface area contributed by atoms with E-state index in [4.69, 9.17) is 0 Å². The lowest BCUT2D eigenvalue weighted by Crippen LogP contribution is -2.27. The van der Waals surface area contributed by atoms with Gasteiger partial charge in [-0.3, -0.25) is 14.2 Å². The topological polar surface area (TPSA) is 55.2 Å². The molecule has 2 heterocycles. The molecule has 1 saturated heterocycles. The van der Waals surface area contributed by atoms with Crippen LogP contribution in [0.25, 0.3) is 11.0 Å². The van der Waals surface area contributed by atoms with Gasteiger partial charge in [-0.1, -0.05) is 6.07 Å². The van der Waals surface area contributed by atoms with Crippen LogP contribution in [0.1, 0.15) is 33.5 Å². The van der Waals surface area contributed by atoms with Crippen LogP contribution in [-0.4, -0.2) is 27.9 Å². The van der Waals surface area contributed by atoms with Crippen LogP contribution in [0.3, 0.4) is 0 Å². The number of imidazole rings is 1. The molecule has 1 aliphatic heterocycles. The first kappa shape index (κ1) is 17.5. The molecule has 138 valence electrons. The van der Waals surface area contributed by atoms with Crippen molar-refractivity contribution in [2.45, 2.75) is 34.1 Å². The second-order valence-corrected chi connectivity index (χ2v) is 7.63. The zero-order chi connectivity index (χ0) is 19.3. The van der Waals surface area contributed by atoms with Crippen LogP contribution < -0.4 is 4.90 Å². The number of carbonyl (C=O) groups is 2. The summed E-state index contributed by atoms with van der Waals surface area (Å²) in [4.78, 5) is 31.8. The minimum absolute atomic E-state index is 0.00482. The maximum atomic E-state index is 13.1. The number of anilines is 1. The molecule has 3 aromatic rings. The quantitative estimate of drug-likeness (QED) is 0.694. The highest BCUT2D eigenvalue weighted by molar-refractivity contribution is 6.02. The summed E-state index contributed by atoms with van der Waals surface area (Å²) in [5.74, 6) is -0.437. The Balaban J connectivity index is 1.64. The number of aromatic nitrogens is 2. The van der Waals surface area contributed by atoms with E-state index >= 15 is 0 Å². The molecule has 0 aliphatic carbocycles. The van der Waals surface area contributed by atoms with E-state index < -0.39 is 0 Å². The molecule has 0 saturated carbocycles. The SMILES string of the molecule is Cc1cc(C)cc(N2CC(C(=O)n3cnc4cc(C)c(C)cc43)CC2=O)c1. The van der Waals surface area contributed by atoms with Gasteiger partial charge in [0.15, 0.2) is 0 Å². The third-order valence-corrected chi connectivity index (χ3v) is 5.39. The molecule has 1 aliphatic rings. The smallest absolute Gasteiger partial charge is 0.237 e. The van der Waals surface area contributed by atoms with Gasteiger partial charge in [-0.25, -0.2) is 4.98 Å². The summed E-state index contributed by atoms with van der Waals surface area (Å²) in [7, 11) is 0. The van der Waals surface area contributed by atoms with Gasteiger partial charge < -0.3 is 4.90 Å². The molecule has 5 nitrogen and oxygen atoms in total. The van der Waals surface area contributed by atoms with Gasteiger partial charge in [-0.15, -0.1) is 0 Å². The second-order valence-electron chi connectivity index (χ2n) is 7.63. The van der Waals surface area contributed by atoms with Crippen molar-refractivity contribution >= 4 is 28.5 Å². The standard InChI is InChI=1S/C22H23N3O2/c1-13-5-14(2)7-18(6-13)24-11-17(10-21(24)26)22(27)25-12-23-19-8-15(3)16(4)9-20(19)25/h5-9,12,17H,10-11H2,1-4H3. The van der Waals surface area contributed by atoms with Crippen molar-refractivity contribution in [2.24, 2.45) is 5.92 Å². The maximum absolute atomic E-state index is 13.1. The van der Waals surface area contributed by atoms with Gasteiger partial charge in [0, 0.05) is 18.7 Å². The molecular weight excluding hydrogens is 338 g/mol. The molecule has 1 fully saturated rings. The molecule has 1 atom stereocenters. The molecule has 0 spiro atoms. The van der Waals surface area contributed by atoms with Crippen molar-refractivity contribution in [1.29, 1.82) is 0 Å². The number of aryl methyl sites for hydroxylation is 4. The lowest BCUT2D eigenvalue weighted by atomic mass is 10.1. The summed E-state index contributed by atoms with van der Waals surface area (Å²) < 4.78 is 1.60. The van der Waals surface area contributed by atoms with Crippen LogP contribution in [0.2, 0.25) is 0 Å². The molecule has 0 bridgehead atoms. The van der Waals surface area contributed by atoms with E-state index in [0.29, 0.717) is 6.54 Å². The van der Waals surface area contributed by atoms with Gasteiger partial charge in [0.05, 0.1) is 17.0 Å². The average Bonchev–Trinajstić information content (AvgIpc) is 3.17. The molecular formula is C22H23N3O2. The summed E-state index contributed by atoms with van der Waals surface area (Å²) in [6.07, 6.45) is 1.81. The van der Waals surface area contributed by atoms with E-state index in [1.807, 2.05) is 52.0 Å². The van der Waals surface area contributed by atoms with Crippen LogP contribution in [0.4, 0.5) is 5.69 Å². The Morgan fingerprint density at radius 1 is 1.00 bits per heavy atom. The number of amides is 1. The first-order valence-electron chi connectivity index (χ1n) is 9.20. The van der Waals surface area contributed by atoms with Crippen LogP contribution in [0.5, 0.6) is 0 Å². The lowest BCUT2D eigenvalue weighted by Gasteiger charge is -2.18. The Morgan fingerprint density at radius 2 is 1.67 bits per heavy atom. The van der Waals surface area contributed by atoms with E-state index in [-0.39, 0.29) is 24.2 Å². The molecule has 27 heavy (non-hydrogen) atoms. The maximum Gasteiger partial charge on any atom is 0.237 e. The number of carbonyl (C=O) groups excluding carboxylic acids is 2. The fourth-order valence-electron chi connectivity index (χ4n) is 3.87. The monoisotopic (exact) mass is 361 g/mol. The van der Waals surface area contributed by atoms with Gasteiger partial charge in [0.2, 0.25) is 11.8 Å². The third kappa shape index (κ3) is 3.03. The molecule has 0 radical (unpaired) electrons. The summed E-state index contributed by atoms with van der Waals surface area (Å²) in [5.41, 5.74) is 6.98. The van der Waals surface area contributed by atoms with Crippen LogP contribution >= 0.6 is 0 Å². The highest BCUT2D eigenvalue weighted by atomic mass is 16.2. The van der Waals surface area contributed by atoms with Crippen molar-refractivity contribution in [1.82, 2.24) is 9.55 Å². The van der Waals surface area contributed by atoms with E-state index in [2.05, 4.69) is 11.1 Å². The van der Waals surface area contributed by atoms with Gasteiger partial charge in [-0.05, 0) is 74.2 Å². The third-order valence-electron chi connectivity index (χ3n) is 5.39. The van der Waals surface area contributed by atoms with Crippen molar-refractivity contribution in [3.63, 3.8) is 0 Å². The Kier molecular flexibility index (Phi) is 4.10. The number of fused-ring (bicyclic) bond motifs is 1. The van der Waals surface area contributed by atoms with Crippen molar-refractivity contribution in [3.8, 4) is 0 Å². The molecule has 1 amide bonds. The Labute approximate surface area is 158 Å². The summed E-state index contributed by atoms with van der Waals surface area (Å²) in [6.45, 7) is 8.50. The van der Waals surface area contributed by atoms with Crippen molar-refractivity contribution < 1.29 is 9.59 Å². The van der Waals surface area contributed by atoms with Gasteiger partial charge in [-0.2, -0.15) is 0 Å². The second kappa shape index (κ2) is 6.34. The van der Waals surface area contributed by atoms with Gasteiger partial charge in [0.1, 0.15) is 6.33 Å². The Hall–Kier alpha value is -2.95. The Bertz CT molecular complexity index is 1060. The predicted octanol–water partition coefficient (Wildman–Crippen LogP) is 3.96. The predicted molar refractivity (Wildman–Crippen MR) is 106 cm³/mol. The molecule has 4 rings (SSSR count). The summed E-state index contributed by atoms with van der Waals surface area (Å²) >= 11 is 0. The first-order valence-corrected chi connectivity index (χ1v) is 9.20. The van der Waals surface area contributed by atoms with Crippen LogP contribution in [0, 0.1) is 33.6 Å². The minimum Gasteiger partial charge on any atom is -0.312 e. The van der Waals surface area contributed by atoms with E-state index in [1.165, 1.54) is 0 Å². The summed E-state index contributed by atoms with van der Waals surface area (Å²) in [6, 6.07) is 10.1. The molecule has 0 N–H and O–H groups in total. The average molecular weight is 361 g/mol. The van der Waals surface area contributed by atoms with Gasteiger partial charge in [0.25, 0.3) is 0 Å².